The van der Waals surface area contributed by atoms with Crippen LogP contribution in [0.1, 0.15) is 48.9 Å². The maximum absolute atomic E-state index is 5.35. The molecule has 0 aliphatic carbocycles. The molecule has 4 heterocycles. The van der Waals surface area contributed by atoms with Crippen molar-refractivity contribution in [3.05, 3.63) is 46.5 Å². The molecule has 3 aromatic rings. The van der Waals surface area contributed by atoms with Crippen molar-refractivity contribution >= 4 is 11.3 Å². The summed E-state index contributed by atoms with van der Waals surface area (Å²) in [7, 11) is 0. The monoisotopic (exact) mass is 358 g/mol. The Morgan fingerprint density at radius 1 is 1.32 bits per heavy atom. The zero-order valence-electron chi connectivity index (χ0n) is 14.3. The highest BCUT2D eigenvalue weighted by Crippen LogP contribution is 2.27. The Kier molecular flexibility index (Phi) is 4.89. The summed E-state index contributed by atoms with van der Waals surface area (Å²) in [4.78, 5) is 15.9. The van der Waals surface area contributed by atoms with Gasteiger partial charge in [0.2, 0.25) is 5.89 Å². The molecular formula is C17H22N6OS. The van der Waals surface area contributed by atoms with Gasteiger partial charge in [-0.1, -0.05) is 12.1 Å². The molecule has 0 N–H and O–H groups in total. The number of thiazole rings is 1. The van der Waals surface area contributed by atoms with Gasteiger partial charge in [-0.15, -0.1) is 11.3 Å². The first kappa shape index (κ1) is 16.4. The van der Waals surface area contributed by atoms with Gasteiger partial charge < -0.3 is 9.09 Å². The third kappa shape index (κ3) is 3.80. The minimum absolute atomic E-state index is 0.427. The molecule has 0 bridgehead atoms. The van der Waals surface area contributed by atoms with Crippen LogP contribution in [0.3, 0.4) is 0 Å². The second-order valence-electron chi connectivity index (χ2n) is 6.43. The lowest BCUT2D eigenvalue weighted by molar-refractivity contribution is 0.173. The summed E-state index contributed by atoms with van der Waals surface area (Å²) >= 11 is 1.63. The van der Waals surface area contributed by atoms with Gasteiger partial charge in [-0.3, -0.25) is 4.90 Å². The van der Waals surface area contributed by atoms with Crippen LogP contribution in [0.5, 0.6) is 0 Å². The van der Waals surface area contributed by atoms with E-state index in [-0.39, 0.29) is 0 Å². The molecular weight excluding hydrogens is 336 g/mol. The highest BCUT2D eigenvalue weighted by Gasteiger charge is 2.26. The number of nitrogens with zero attached hydrogens (tertiary/aromatic N) is 6. The van der Waals surface area contributed by atoms with Gasteiger partial charge in [0, 0.05) is 36.7 Å². The standard InChI is InChI=1S/C17H22N6OS/c1-2-15-20-16(24-21-15)10-22-6-3-4-13(8-22)17-18-5-7-23(17)9-14-11-25-12-19-14/h5,7,11-13H,2-4,6,8-10H2,1H3/t13-/m1/s1. The Bertz CT molecular complexity index is 796. The molecule has 8 heteroatoms. The Balaban J connectivity index is 1.43. The van der Waals surface area contributed by atoms with E-state index in [1.54, 1.807) is 11.3 Å². The van der Waals surface area contributed by atoms with Crippen molar-refractivity contribution in [2.24, 2.45) is 0 Å². The largest absolute Gasteiger partial charge is 0.338 e. The van der Waals surface area contributed by atoms with E-state index in [2.05, 4.69) is 41.2 Å². The Hall–Kier alpha value is -2.06. The summed E-state index contributed by atoms with van der Waals surface area (Å²) in [6.07, 6.45) is 7.07. The number of imidazole rings is 1. The predicted octanol–water partition coefficient (Wildman–Crippen LogP) is 2.71. The smallest absolute Gasteiger partial charge is 0.240 e. The van der Waals surface area contributed by atoms with Gasteiger partial charge in [0.05, 0.1) is 24.3 Å². The fourth-order valence-electron chi connectivity index (χ4n) is 3.40. The van der Waals surface area contributed by atoms with Crippen molar-refractivity contribution in [3.63, 3.8) is 0 Å². The molecule has 1 fully saturated rings. The van der Waals surface area contributed by atoms with Crippen LogP contribution in [0.15, 0.2) is 27.8 Å². The summed E-state index contributed by atoms with van der Waals surface area (Å²) in [5.74, 6) is 3.07. The molecule has 1 atom stereocenters. The lowest BCUT2D eigenvalue weighted by Crippen LogP contribution is -2.35. The maximum Gasteiger partial charge on any atom is 0.240 e. The third-order valence-corrected chi connectivity index (χ3v) is 5.25. The molecule has 1 aliphatic rings. The molecule has 7 nitrogen and oxygen atoms in total. The summed E-state index contributed by atoms with van der Waals surface area (Å²) in [6.45, 7) is 5.58. The van der Waals surface area contributed by atoms with Crippen molar-refractivity contribution in [1.82, 2.24) is 29.6 Å². The molecule has 0 spiro atoms. The highest BCUT2D eigenvalue weighted by atomic mass is 32.1. The van der Waals surface area contributed by atoms with Gasteiger partial charge in [-0.05, 0) is 19.4 Å². The van der Waals surface area contributed by atoms with Gasteiger partial charge in [0.1, 0.15) is 5.82 Å². The topological polar surface area (TPSA) is 72.9 Å². The number of piperidine rings is 1. The van der Waals surface area contributed by atoms with Crippen molar-refractivity contribution in [1.29, 1.82) is 0 Å². The van der Waals surface area contributed by atoms with Crippen molar-refractivity contribution in [3.8, 4) is 0 Å². The lowest BCUT2D eigenvalue weighted by Gasteiger charge is -2.31. The fourth-order valence-corrected chi connectivity index (χ4v) is 3.95. The van der Waals surface area contributed by atoms with E-state index in [9.17, 15) is 0 Å². The van der Waals surface area contributed by atoms with Gasteiger partial charge in [-0.25, -0.2) is 9.97 Å². The average Bonchev–Trinajstić information content (AvgIpc) is 3.37. The first-order valence-electron chi connectivity index (χ1n) is 8.73. The van der Waals surface area contributed by atoms with E-state index in [4.69, 9.17) is 4.52 Å². The van der Waals surface area contributed by atoms with Gasteiger partial charge in [0.15, 0.2) is 5.82 Å². The SMILES string of the molecule is CCc1noc(CN2CCC[C@@H](c3nccn3Cc3cscn3)C2)n1. The summed E-state index contributed by atoms with van der Waals surface area (Å²) in [6, 6.07) is 0. The average molecular weight is 358 g/mol. The van der Waals surface area contributed by atoms with Crippen LogP contribution in [0.2, 0.25) is 0 Å². The number of hydrogen-bond donors (Lipinski definition) is 0. The third-order valence-electron chi connectivity index (χ3n) is 4.62. The highest BCUT2D eigenvalue weighted by molar-refractivity contribution is 7.07. The molecule has 3 aromatic heterocycles. The van der Waals surface area contributed by atoms with Crippen molar-refractivity contribution in [2.45, 2.75) is 45.2 Å². The van der Waals surface area contributed by atoms with Crippen LogP contribution < -0.4 is 0 Å². The predicted molar refractivity (Wildman–Crippen MR) is 94.4 cm³/mol. The lowest BCUT2D eigenvalue weighted by atomic mass is 9.97. The summed E-state index contributed by atoms with van der Waals surface area (Å²) in [5.41, 5.74) is 2.97. The molecule has 0 aromatic carbocycles. The maximum atomic E-state index is 5.35. The number of likely N-dealkylation sites (tertiary alicyclic amines) is 1. The van der Waals surface area contributed by atoms with E-state index in [1.165, 1.54) is 0 Å². The number of aromatic nitrogens is 5. The minimum Gasteiger partial charge on any atom is -0.338 e. The quantitative estimate of drug-likeness (QED) is 0.675. The van der Waals surface area contributed by atoms with Gasteiger partial charge >= 0.3 is 0 Å². The van der Waals surface area contributed by atoms with Crippen LogP contribution >= 0.6 is 11.3 Å². The molecule has 0 amide bonds. The Morgan fingerprint density at radius 3 is 3.08 bits per heavy atom. The van der Waals surface area contributed by atoms with Gasteiger partial charge in [0.25, 0.3) is 0 Å². The molecule has 0 radical (unpaired) electrons. The minimum atomic E-state index is 0.427. The number of rotatable bonds is 6. The van der Waals surface area contributed by atoms with Crippen LogP contribution in [0.4, 0.5) is 0 Å². The number of aryl methyl sites for hydroxylation is 1. The zero-order valence-corrected chi connectivity index (χ0v) is 15.2. The molecule has 1 aliphatic heterocycles. The first-order valence-corrected chi connectivity index (χ1v) is 9.68. The Labute approximate surface area is 150 Å². The number of hydrogen-bond acceptors (Lipinski definition) is 7. The second-order valence-corrected chi connectivity index (χ2v) is 7.14. The molecule has 4 rings (SSSR count). The van der Waals surface area contributed by atoms with E-state index in [0.717, 1.165) is 62.8 Å². The van der Waals surface area contributed by atoms with Gasteiger partial charge in [-0.2, -0.15) is 4.98 Å². The van der Waals surface area contributed by atoms with Crippen LogP contribution in [-0.2, 0) is 19.5 Å². The summed E-state index contributed by atoms with van der Waals surface area (Å²) in [5, 5.41) is 6.08. The molecule has 25 heavy (non-hydrogen) atoms. The van der Waals surface area contributed by atoms with Crippen molar-refractivity contribution < 1.29 is 4.52 Å². The molecule has 1 saturated heterocycles. The van der Waals surface area contributed by atoms with E-state index in [1.807, 2.05) is 18.6 Å². The molecule has 0 unspecified atom stereocenters. The molecule has 132 valence electrons. The Morgan fingerprint density at radius 2 is 2.28 bits per heavy atom. The van der Waals surface area contributed by atoms with Crippen LogP contribution in [0.25, 0.3) is 0 Å². The normalized spacial score (nSPS) is 18.7. The second kappa shape index (κ2) is 7.45. The summed E-state index contributed by atoms with van der Waals surface area (Å²) < 4.78 is 7.57. The van der Waals surface area contributed by atoms with E-state index in [0.29, 0.717) is 11.8 Å². The zero-order chi connectivity index (χ0) is 17.1. The molecule has 0 saturated carbocycles. The van der Waals surface area contributed by atoms with E-state index < -0.39 is 0 Å². The first-order chi connectivity index (χ1) is 12.3. The van der Waals surface area contributed by atoms with Crippen LogP contribution in [-0.4, -0.2) is 42.7 Å². The van der Waals surface area contributed by atoms with E-state index >= 15 is 0 Å². The van der Waals surface area contributed by atoms with Crippen LogP contribution in [0, 0.1) is 0 Å². The fraction of sp³-hybridized carbons (Fsp3) is 0.529. The van der Waals surface area contributed by atoms with Crippen molar-refractivity contribution in [2.75, 3.05) is 13.1 Å².